The van der Waals surface area contributed by atoms with Crippen molar-refractivity contribution in [2.75, 3.05) is 12.0 Å². The molecule has 1 aliphatic rings. The lowest BCUT2D eigenvalue weighted by molar-refractivity contribution is 0.403. The Bertz CT molecular complexity index is 1440. The molecule has 9 heteroatoms. The summed E-state index contributed by atoms with van der Waals surface area (Å²) >= 11 is 5.69. The van der Waals surface area contributed by atoms with Crippen molar-refractivity contribution >= 4 is 28.6 Å². The van der Waals surface area contributed by atoms with Crippen molar-refractivity contribution in [1.82, 2.24) is 15.5 Å². The highest BCUT2D eigenvalue weighted by atomic mass is 32.1. The maximum Gasteiger partial charge on any atom is 0.258 e. The minimum atomic E-state index is -0.441. The molecule has 0 fully saturated rings. The van der Waals surface area contributed by atoms with Crippen LogP contribution in [-0.2, 0) is 0 Å². The third kappa shape index (κ3) is 4.38. The van der Waals surface area contributed by atoms with E-state index in [1.165, 1.54) is 24.3 Å². The van der Waals surface area contributed by atoms with Gasteiger partial charge in [0.2, 0.25) is 5.82 Å². The molecule has 6 nitrogen and oxygen atoms in total. The van der Waals surface area contributed by atoms with E-state index in [9.17, 15) is 8.78 Å². The van der Waals surface area contributed by atoms with Crippen molar-refractivity contribution in [3.8, 4) is 17.1 Å². The van der Waals surface area contributed by atoms with Crippen LogP contribution in [-0.4, -0.2) is 22.4 Å². The van der Waals surface area contributed by atoms with Crippen molar-refractivity contribution in [2.24, 2.45) is 0 Å². The van der Waals surface area contributed by atoms with E-state index in [0.717, 1.165) is 5.56 Å². The number of nitrogens with zero attached hydrogens (tertiary/aromatic N) is 3. The van der Waals surface area contributed by atoms with E-state index in [2.05, 4.69) is 15.5 Å². The van der Waals surface area contributed by atoms with Gasteiger partial charge < -0.3 is 14.6 Å². The van der Waals surface area contributed by atoms with Gasteiger partial charge in [-0.2, -0.15) is 4.98 Å². The fourth-order valence-corrected chi connectivity index (χ4v) is 4.43. The first kappa shape index (κ1) is 22.7. The molecule has 5 rings (SSSR count). The van der Waals surface area contributed by atoms with E-state index in [4.69, 9.17) is 21.5 Å². The summed E-state index contributed by atoms with van der Waals surface area (Å²) in [7, 11) is 1.60. The summed E-state index contributed by atoms with van der Waals surface area (Å²) in [6.45, 7) is 1.86. The summed E-state index contributed by atoms with van der Waals surface area (Å²) in [6, 6.07) is 19.1. The molecule has 0 amide bonds. The Morgan fingerprint density at radius 2 is 1.77 bits per heavy atom. The monoisotopic (exact) mass is 490 g/mol. The van der Waals surface area contributed by atoms with Crippen LogP contribution in [0.1, 0.15) is 24.4 Å². The Balaban J connectivity index is 1.66. The summed E-state index contributed by atoms with van der Waals surface area (Å²) < 4.78 is 38.5. The average Bonchev–Trinajstić information content (AvgIpc) is 3.34. The van der Waals surface area contributed by atoms with Gasteiger partial charge in [0.05, 0.1) is 24.4 Å². The molecule has 3 aromatic carbocycles. The second kappa shape index (κ2) is 9.27. The first-order valence-electron chi connectivity index (χ1n) is 10.8. The molecule has 1 atom stereocenters. The standard InChI is InChI=1S/C26H20F2N4O2S/c1-15-22(25-30-24(31-34-25)16-9-11-18(27)12-10-16)23(17-5-3-8-21(13-17)33-2)29-26(35)32(15)20-7-4-6-19(28)14-20/h3-14,23H,1-2H3,(H,29,35). The predicted molar refractivity (Wildman–Crippen MR) is 133 cm³/mol. The number of benzene rings is 3. The molecule has 176 valence electrons. The topological polar surface area (TPSA) is 63.4 Å². The normalized spacial score (nSPS) is 15.8. The Kier molecular flexibility index (Phi) is 6.00. The lowest BCUT2D eigenvalue weighted by Gasteiger charge is -2.37. The van der Waals surface area contributed by atoms with Gasteiger partial charge in [0.15, 0.2) is 5.11 Å². The van der Waals surface area contributed by atoms with Crippen LogP contribution < -0.4 is 15.0 Å². The summed E-state index contributed by atoms with van der Waals surface area (Å²) in [5, 5.41) is 7.84. The van der Waals surface area contributed by atoms with Gasteiger partial charge >= 0.3 is 0 Å². The third-order valence-corrected chi connectivity index (χ3v) is 6.04. The number of ether oxygens (including phenoxy) is 1. The van der Waals surface area contributed by atoms with Crippen LogP contribution in [0.3, 0.4) is 0 Å². The number of hydrogen-bond donors (Lipinski definition) is 1. The number of hydrogen-bond acceptors (Lipinski definition) is 5. The van der Waals surface area contributed by atoms with Gasteiger partial charge in [-0.25, -0.2) is 8.78 Å². The van der Waals surface area contributed by atoms with Gasteiger partial charge in [-0.1, -0.05) is 23.4 Å². The minimum Gasteiger partial charge on any atom is -0.497 e. The van der Waals surface area contributed by atoms with Crippen molar-refractivity contribution in [3.63, 3.8) is 0 Å². The Labute approximate surface area is 205 Å². The number of halogens is 2. The number of methoxy groups -OCH3 is 1. The van der Waals surface area contributed by atoms with Gasteiger partial charge in [0, 0.05) is 11.3 Å². The molecular formula is C26H20F2N4O2S. The van der Waals surface area contributed by atoms with Gasteiger partial charge in [-0.3, -0.25) is 4.90 Å². The molecule has 35 heavy (non-hydrogen) atoms. The van der Waals surface area contributed by atoms with E-state index < -0.39 is 6.04 Å². The molecule has 4 aromatic rings. The zero-order valence-electron chi connectivity index (χ0n) is 18.8. The molecule has 0 spiro atoms. The van der Waals surface area contributed by atoms with Gasteiger partial charge in [0.25, 0.3) is 5.89 Å². The summed E-state index contributed by atoms with van der Waals surface area (Å²) in [6.07, 6.45) is 0. The molecule has 0 saturated carbocycles. The molecule has 1 unspecified atom stereocenters. The van der Waals surface area contributed by atoms with Crippen LogP contribution in [0.15, 0.2) is 83.0 Å². The van der Waals surface area contributed by atoms with E-state index in [1.54, 1.807) is 36.3 Å². The highest BCUT2D eigenvalue weighted by Crippen LogP contribution is 2.40. The van der Waals surface area contributed by atoms with Crippen molar-refractivity contribution in [2.45, 2.75) is 13.0 Å². The summed E-state index contributed by atoms with van der Waals surface area (Å²) in [4.78, 5) is 6.33. The van der Waals surface area contributed by atoms with Crippen molar-refractivity contribution < 1.29 is 18.0 Å². The second-order valence-electron chi connectivity index (χ2n) is 7.90. The summed E-state index contributed by atoms with van der Waals surface area (Å²) in [5.41, 5.74) is 3.39. The molecule has 2 heterocycles. The minimum absolute atomic E-state index is 0.256. The molecule has 1 N–H and O–H groups in total. The van der Waals surface area contributed by atoms with Crippen molar-refractivity contribution in [3.05, 3.63) is 102 Å². The van der Waals surface area contributed by atoms with Crippen LogP contribution >= 0.6 is 12.2 Å². The largest absolute Gasteiger partial charge is 0.497 e. The van der Waals surface area contributed by atoms with Gasteiger partial charge in [-0.05, 0) is 79.3 Å². The first-order chi connectivity index (χ1) is 16.9. The Morgan fingerprint density at radius 3 is 2.51 bits per heavy atom. The second-order valence-corrected chi connectivity index (χ2v) is 8.29. The molecule has 0 radical (unpaired) electrons. The van der Waals surface area contributed by atoms with Crippen LogP contribution in [0.4, 0.5) is 14.5 Å². The third-order valence-electron chi connectivity index (χ3n) is 5.74. The van der Waals surface area contributed by atoms with Gasteiger partial charge in [-0.15, -0.1) is 0 Å². The number of thiocarbonyl (C=S) groups is 1. The zero-order chi connectivity index (χ0) is 24.5. The van der Waals surface area contributed by atoms with Crippen LogP contribution in [0, 0.1) is 11.6 Å². The van der Waals surface area contributed by atoms with E-state index >= 15 is 0 Å². The SMILES string of the molecule is COc1cccc(C2NC(=S)N(c3cccc(F)c3)C(C)=C2c2nc(-c3ccc(F)cc3)no2)c1. The highest BCUT2D eigenvalue weighted by molar-refractivity contribution is 7.80. The van der Waals surface area contributed by atoms with Crippen molar-refractivity contribution in [1.29, 1.82) is 0 Å². The van der Waals surface area contributed by atoms with Crippen LogP contribution in [0.5, 0.6) is 5.75 Å². The maximum atomic E-state index is 14.1. The number of anilines is 1. The fraction of sp³-hybridized carbons (Fsp3) is 0.115. The number of nitrogens with one attached hydrogen (secondary N) is 1. The Hall–Kier alpha value is -4.11. The van der Waals surface area contributed by atoms with Crippen LogP contribution in [0.25, 0.3) is 17.0 Å². The number of allylic oxidation sites excluding steroid dienone is 1. The predicted octanol–water partition coefficient (Wildman–Crippen LogP) is 5.89. The zero-order valence-corrected chi connectivity index (χ0v) is 19.6. The maximum absolute atomic E-state index is 14.1. The molecule has 0 aliphatic carbocycles. The lowest BCUT2D eigenvalue weighted by Crippen LogP contribution is -2.46. The average molecular weight is 491 g/mol. The molecule has 0 saturated heterocycles. The number of rotatable bonds is 5. The van der Waals surface area contributed by atoms with E-state index in [0.29, 0.717) is 39.2 Å². The van der Waals surface area contributed by atoms with E-state index in [-0.39, 0.29) is 17.5 Å². The Morgan fingerprint density at radius 1 is 1.00 bits per heavy atom. The lowest BCUT2D eigenvalue weighted by atomic mass is 9.94. The molecular weight excluding hydrogens is 470 g/mol. The molecule has 1 aliphatic heterocycles. The van der Waals surface area contributed by atoms with Gasteiger partial charge in [0.1, 0.15) is 17.4 Å². The number of aromatic nitrogens is 2. The summed E-state index contributed by atoms with van der Waals surface area (Å²) in [5.74, 6) is 0.509. The molecule has 0 bridgehead atoms. The van der Waals surface area contributed by atoms with Crippen LogP contribution in [0.2, 0.25) is 0 Å². The highest BCUT2D eigenvalue weighted by Gasteiger charge is 2.35. The fourth-order valence-electron chi connectivity index (χ4n) is 4.07. The van der Waals surface area contributed by atoms with E-state index in [1.807, 2.05) is 31.2 Å². The molecule has 1 aromatic heterocycles. The smallest absolute Gasteiger partial charge is 0.258 e. The quantitative estimate of drug-likeness (QED) is 0.350. The first-order valence-corrected chi connectivity index (χ1v) is 11.2.